The number of aromatic nitrogens is 1. The molecule has 1 saturated carbocycles. The Hall–Kier alpha value is -1.62. The number of carbonyl (C=O) groups excluding carboxylic acids is 1. The summed E-state index contributed by atoms with van der Waals surface area (Å²) in [6.07, 6.45) is 6.63. The van der Waals surface area contributed by atoms with E-state index in [2.05, 4.69) is 22.7 Å². The third-order valence-electron chi connectivity index (χ3n) is 3.99. The zero-order chi connectivity index (χ0) is 13.7. The van der Waals surface area contributed by atoms with Crippen LogP contribution in [0.3, 0.4) is 0 Å². The van der Waals surface area contributed by atoms with E-state index in [9.17, 15) is 4.79 Å². The second-order valence-electron chi connectivity index (χ2n) is 5.31. The van der Waals surface area contributed by atoms with Crippen LogP contribution < -0.4 is 16.6 Å². The third-order valence-corrected chi connectivity index (χ3v) is 3.99. The van der Waals surface area contributed by atoms with E-state index >= 15 is 0 Å². The van der Waals surface area contributed by atoms with E-state index in [-0.39, 0.29) is 5.91 Å². The van der Waals surface area contributed by atoms with E-state index in [0.29, 0.717) is 23.2 Å². The van der Waals surface area contributed by atoms with Gasteiger partial charge in [-0.2, -0.15) is 0 Å². The van der Waals surface area contributed by atoms with E-state index in [4.69, 9.17) is 5.84 Å². The average Bonchev–Trinajstić information content (AvgIpc) is 2.46. The molecule has 1 aliphatic carbocycles. The van der Waals surface area contributed by atoms with Gasteiger partial charge in [-0.25, -0.2) is 10.8 Å². The second-order valence-corrected chi connectivity index (χ2v) is 5.31. The average molecular weight is 262 g/mol. The number of hydrazine groups is 1. The summed E-state index contributed by atoms with van der Waals surface area (Å²) in [4.78, 5) is 16.0. The van der Waals surface area contributed by atoms with Crippen molar-refractivity contribution in [2.45, 2.75) is 32.6 Å². The summed E-state index contributed by atoms with van der Waals surface area (Å²) in [7, 11) is 0. The van der Waals surface area contributed by atoms with E-state index in [1.54, 1.807) is 12.1 Å². The molecule has 0 saturated heterocycles. The van der Waals surface area contributed by atoms with Crippen molar-refractivity contribution in [1.82, 2.24) is 10.3 Å². The lowest BCUT2D eigenvalue weighted by Crippen LogP contribution is -2.33. The minimum Gasteiger partial charge on any atom is -0.352 e. The molecular weight excluding hydrogens is 240 g/mol. The number of rotatable bonds is 4. The van der Waals surface area contributed by atoms with Crippen LogP contribution >= 0.6 is 0 Å². The maximum absolute atomic E-state index is 12.0. The van der Waals surface area contributed by atoms with Crippen LogP contribution in [0.5, 0.6) is 0 Å². The first-order chi connectivity index (χ1) is 9.20. The van der Waals surface area contributed by atoms with Gasteiger partial charge in [-0.05, 0) is 30.4 Å². The molecule has 1 heterocycles. The van der Waals surface area contributed by atoms with E-state index in [0.717, 1.165) is 6.54 Å². The number of nitrogens with two attached hydrogens (primary N) is 1. The molecule has 2 atom stereocenters. The molecule has 1 fully saturated rings. The van der Waals surface area contributed by atoms with Crippen molar-refractivity contribution in [2.75, 3.05) is 12.0 Å². The fourth-order valence-corrected chi connectivity index (χ4v) is 2.64. The first-order valence-electron chi connectivity index (χ1n) is 6.91. The molecule has 0 radical (unpaired) electrons. The largest absolute Gasteiger partial charge is 0.352 e. The highest BCUT2D eigenvalue weighted by atomic mass is 16.1. The van der Waals surface area contributed by atoms with Crippen molar-refractivity contribution in [3.8, 4) is 0 Å². The van der Waals surface area contributed by atoms with Crippen LogP contribution in [0, 0.1) is 11.8 Å². The van der Waals surface area contributed by atoms with Crippen LogP contribution in [0.4, 0.5) is 5.82 Å². The van der Waals surface area contributed by atoms with E-state index in [1.165, 1.54) is 31.9 Å². The van der Waals surface area contributed by atoms with Gasteiger partial charge in [0.25, 0.3) is 5.91 Å². The molecule has 1 aromatic heterocycles. The highest BCUT2D eigenvalue weighted by Gasteiger charge is 2.21. The molecule has 0 aliphatic heterocycles. The number of nitrogens with one attached hydrogen (secondary N) is 2. The minimum atomic E-state index is -0.0613. The van der Waals surface area contributed by atoms with Crippen molar-refractivity contribution in [1.29, 1.82) is 0 Å². The SMILES string of the molecule is CC1CCCCC1CNC(=O)c1ccc(NN)nc1. The Balaban J connectivity index is 1.86. The summed E-state index contributed by atoms with van der Waals surface area (Å²) in [5.74, 6) is 7.04. The van der Waals surface area contributed by atoms with Gasteiger partial charge in [0.05, 0.1) is 5.56 Å². The Labute approximate surface area is 114 Å². The van der Waals surface area contributed by atoms with E-state index in [1.807, 2.05) is 0 Å². The topological polar surface area (TPSA) is 80.0 Å². The maximum atomic E-state index is 12.0. The lowest BCUT2D eigenvalue weighted by atomic mass is 9.80. The van der Waals surface area contributed by atoms with Crippen molar-refractivity contribution >= 4 is 11.7 Å². The number of anilines is 1. The van der Waals surface area contributed by atoms with Crippen molar-refractivity contribution in [3.63, 3.8) is 0 Å². The molecule has 1 aliphatic rings. The van der Waals surface area contributed by atoms with Crippen LogP contribution in [-0.4, -0.2) is 17.4 Å². The Morgan fingerprint density at radius 1 is 1.42 bits per heavy atom. The normalized spacial score (nSPS) is 22.8. The summed E-state index contributed by atoms with van der Waals surface area (Å²) < 4.78 is 0. The zero-order valence-corrected chi connectivity index (χ0v) is 11.4. The zero-order valence-electron chi connectivity index (χ0n) is 11.4. The molecule has 4 N–H and O–H groups in total. The van der Waals surface area contributed by atoms with Gasteiger partial charge in [0.1, 0.15) is 5.82 Å². The number of pyridine rings is 1. The number of hydrogen-bond acceptors (Lipinski definition) is 4. The number of carbonyl (C=O) groups is 1. The van der Waals surface area contributed by atoms with Gasteiger partial charge >= 0.3 is 0 Å². The van der Waals surface area contributed by atoms with Gasteiger partial charge in [0, 0.05) is 12.7 Å². The molecule has 5 heteroatoms. The number of nitrogens with zero attached hydrogens (tertiary/aromatic N) is 1. The van der Waals surface area contributed by atoms with Crippen LogP contribution in [0.1, 0.15) is 43.0 Å². The molecule has 0 aromatic carbocycles. The van der Waals surface area contributed by atoms with Gasteiger partial charge < -0.3 is 10.7 Å². The fourth-order valence-electron chi connectivity index (χ4n) is 2.64. The van der Waals surface area contributed by atoms with Gasteiger partial charge in [-0.15, -0.1) is 0 Å². The molecule has 0 spiro atoms. The molecule has 104 valence electrons. The minimum absolute atomic E-state index is 0.0613. The lowest BCUT2D eigenvalue weighted by molar-refractivity contribution is 0.0936. The first-order valence-corrected chi connectivity index (χ1v) is 6.91. The molecule has 19 heavy (non-hydrogen) atoms. The Morgan fingerprint density at radius 3 is 2.84 bits per heavy atom. The maximum Gasteiger partial charge on any atom is 0.252 e. The van der Waals surface area contributed by atoms with Crippen LogP contribution in [-0.2, 0) is 0 Å². The third kappa shape index (κ3) is 3.67. The number of nitrogen functional groups attached to an aromatic ring is 1. The molecule has 5 nitrogen and oxygen atoms in total. The van der Waals surface area contributed by atoms with Crippen molar-refractivity contribution in [3.05, 3.63) is 23.9 Å². The Morgan fingerprint density at radius 2 is 2.21 bits per heavy atom. The number of hydrogen-bond donors (Lipinski definition) is 3. The van der Waals surface area contributed by atoms with Crippen molar-refractivity contribution < 1.29 is 4.79 Å². The fraction of sp³-hybridized carbons (Fsp3) is 0.571. The standard InChI is InChI=1S/C14H22N4O/c1-10-4-2-3-5-11(10)8-17-14(19)12-6-7-13(18-15)16-9-12/h6-7,9-11H,2-5,8,15H2,1H3,(H,16,18)(H,17,19). The summed E-state index contributed by atoms with van der Waals surface area (Å²) in [6, 6.07) is 3.42. The monoisotopic (exact) mass is 262 g/mol. The Bertz CT molecular complexity index is 418. The summed E-state index contributed by atoms with van der Waals surface area (Å²) in [5.41, 5.74) is 3.01. The van der Waals surface area contributed by atoms with Crippen LogP contribution in [0.15, 0.2) is 18.3 Å². The Kier molecular flexibility index (Phi) is 4.74. The quantitative estimate of drug-likeness (QED) is 0.572. The van der Waals surface area contributed by atoms with Gasteiger partial charge in [0.2, 0.25) is 0 Å². The lowest BCUT2D eigenvalue weighted by Gasteiger charge is -2.28. The summed E-state index contributed by atoms with van der Waals surface area (Å²) >= 11 is 0. The first kappa shape index (κ1) is 13.8. The molecule has 2 unspecified atom stereocenters. The molecule has 2 rings (SSSR count). The molecule has 1 amide bonds. The second kappa shape index (κ2) is 6.52. The van der Waals surface area contributed by atoms with Gasteiger partial charge in [-0.1, -0.05) is 26.2 Å². The van der Waals surface area contributed by atoms with Gasteiger partial charge in [0.15, 0.2) is 0 Å². The predicted octanol–water partition coefficient (Wildman–Crippen LogP) is 1.92. The summed E-state index contributed by atoms with van der Waals surface area (Å²) in [6.45, 7) is 3.04. The number of amides is 1. The van der Waals surface area contributed by atoms with Crippen LogP contribution in [0.25, 0.3) is 0 Å². The van der Waals surface area contributed by atoms with E-state index < -0.39 is 0 Å². The van der Waals surface area contributed by atoms with Gasteiger partial charge in [-0.3, -0.25) is 4.79 Å². The summed E-state index contributed by atoms with van der Waals surface area (Å²) in [5, 5.41) is 3.01. The highest BCUT2D eigenvalue weighted by Crippen LogP contribution is 2.28. The van der Waals surface area contributed by atoms with Crippen LogP contribution in [0.2, 0.25) is 0 Å². The smallest absolute Gasteiger partial charge is 0.252 e. The highest BCUT2D eigenvalue weighted by molar-refractivity contribution is 5.94. The predicted molar refractivity (Wildman–Crippen MR) is 75.5 cm³/mol. The molecule has 0 bridgehead atoms. The van der Waals surface area contributed by atoms with Crippen molar-refractivity contribution in [2.24, 2.45) is 17.7 Å². The molecule has 1 aromatic rings. The molecular formula is C14H22N4O.